The van der Waals surface area contributed by atoms with Gasteiger partial charge in [-0.05, 0) is 90.3 Å². The molecule has 46 heavy (non-hydrogen) atoms. The number of rotatable bonds is 5. The van der Waals surface area contributed by atoms with Crippen molar-refractivity contribution < 1.29 is 14.0 Å². The largest absolute Gasteiger partial charge is 0.471 e. The number of aryl methyl sites for hydroxylation is 2. The molecule has 4 aromatic heterocycles. The molecule has 1 spiro atoms. The molecule has 0 bridgehead atoms. The molecule has 12 nitrogen and oxygen atoms in total. The van der Waals surface area contributed by atoms with E-state index in [2.05, 4.69) is 24.9 Å². The lowest BCUT2D eigenvalue weighted by Crippen LogP contribution is -2.38. The minimum absolute atomic E-state index is 0.139. The van der Waals surface area contributed by atoms with Crippen molar-refractivity contribution in [1.82, 2.24) is 29.2 Å². The first-order valence-corrected chi connectivity index (χ1v) is 17.4. The van der Waals surface area contributed by atoms with Gasteiger partial charge in [0.15, 0.2) is 11.2 Å². The van der Waals surface area contributed by atoms with E-state index in [1.54, 1.807) is 16.2 Å². The molecule has 0 amide bonds. The molecule has 2 aliphatic heterocycles. The van der Waals surface area contributed by atoms with Crippen LogP contribution in [0.2, 0.25) is 0 Å². The van der Waals surface area contributed by atoms with Gasteiger partial charge in [-0.1, -0.05) is 5.16 Å². The van der Waals surface area contributed by atoms with Crippen LogP contribution in [0.25, 0.3) is 22.7 Å². The zero-order chi connectivity index (χ0) is 31.7. The molecule has 6 heterocycles. The second kappa shape index (κ2) is 11.2. The first-order valence-electron chi connectivity index (χ1n) is 16.6. The fourth-order valence-corrected chi connectivity index (χ4v) is 9.85. The van der Waals surface area contributed by atoms with Gasteiger partial charge in [0.1, 0.15) is 17.2 Å². The highest BCUT2D eigenvalue weighted by atomic mass is 32.1. The minimum Gasteiger partial charge on any atom is -0.471 e. The van der Waals surface area contributed by atoms with Crippen LogP contribution in [0.5, 0.6) is 5.88 Å². The van der Waals surface area contributed by atoms with Crippen LogP contribution in [0.3, 0.4) is 0 Å². The summed E-state index contributed by atoms with van der Waals surface area (Å²) in [4.78, 5) is 27.4. The number of likely N-dealkylation sites (tertiary alicyclic amines) is 1. The Morgan fingerprint density at radius 2 is 1.98 bits per heavy atom. The number of thiophene rings is 1. The van der Waals surface area contributed by atoms with Gasteiger partial charge in [-0.2, -0.15) is 10.2 Å². The van der Waals surface area contributed by atoms with E-state index in [0.717, 1.165) is 87.6 Å². The number of nitrogen functional groups attached to an aromatic ring is 1. The highest BCUT2D eigenvalue weighted by Crippen LogP contribution is 2.54. The molecule has 4 atom stereocenters. The zero-order valence-corrected chi connectivity index (χ0v) is 27.5. The fraction of sp³-hybridized carbons (Fsp3) is 0.606. The molecule has 2 fully saturated rings. The number of aromatic nitrogens is 5. The van der Waals surface area contributed by atoms with E-state index in [9.17, 15) is 10.1 Å². The van der Waals surface area contributed by atoms with Crippen LogP contribution >= 0.6 is 11.3 Å². The second-order valence-corrected chi connectivity index (χ2v) is 14.6. The Morgan fingerprint density at radius 1 is 1.15 bits per heavy atom. The van der Waals surface area contributed by atoms with Crippen molar-refractivity contribution >= 4 is 27.5 Å². The normalized spacial score (nSPS) is 25.4. The van der Waals surface area contributed by atoms with E-state index in [1.807, 2.05) is 0 Å². The summed E-state index contributed by atoms with van der Waals surface area (Å²) < 4.78 is 22.1. The SMILES string of the molecule is C[C@H](Oc1nc(-c2onc3c2CCC[C@@]32CCCc3sc(N)c(C#N)c32)nc2c1n(C)c(=O)n2[C@@H]1CCCOC1)[C@@H]1CCCN1C. The third-order valence-electron chi connectivity index (χ3n) is 10.9. The summed E-state index contributed by atoms with van der Waals surface area (Å²) in [7, 11) is 3.88. The number of likely N-dealkylation sites (N-methyl/N-ethyl adjacent to an activating group) is 1. The third kappa shape index (κ3) is 4.37. The summed E-state index contributed by atoms with van der Waals surface area (Å²) in [5.74, 6) is 1.23. The molecule has 2 saturated heterocycles. The van der Waals surface area contributed by atoms with E-state index in [0.29, 0.717) is 52.4 Å². The van der Waals surface area contributed by atoms with E-state index in [4.69, 9.17) is 34.9 Å². The quantitative estimate of drug-likeness (QED) is 0.330. The summed E-state index contributed by atoms with van der Waals surface area (Å²) in [6.07, 6.45) is 9.03. The third-order valence-corrected chi connectivity index (χ3v) is 12.0. The molecule has 0 aromatic carbocycles. The Labute approximate surface area is 271 Å². The second-order valence-electron chi connectivity index (χ2n) is 13.5. The van der Waals surface area contributed by atoms with Crippen molar-refractivity contribution in [2.75, 3.05) is 32.5 Å². The van der Waals surface area contributed by atoms with Gasteiger partial charge >= 0.3 is 5.69 Å². The van der Waals surface area contributed by atoms with Crippen molar-refractivity contribution in [3.63, 3.8) is 0 Å². The lowest BCUT2D eigenvalue weighted by atomic mass is 9.62. The van der Waals surface area contributed by atoms with Crippen molar-refractivity contribution in [2.45, 2.75) is 94.7 Å². The van der Waals surface area contributed by atoms with Crippen molar-refractivity contribution in [1.29, 1.82) is 5.26 Å². The van der Waals surface area contributed by atoms with Gasteiger partial charge < -0.3 is 19.7 Å². The molecule has 13 heteroatoms. The highest BCUT2D eigenvalue weighted by Gasteiger charge is 2.48. The van der Waals surface area contributed by atoms with Crippen LogP contribution in [0.4, 0.5) is 5.00 Å². The van der Waals surface area contributed by atoms with Gasteiger partial charge in [0.05, 0.1) is 23.9 Å². The van der Waals surface area contributed by atoms with Gasteiger partial charge in [-0.25, -0.2) is 9.78 Å². The fourth-order valence-electron chi connectivity index (χ4n) is 8.69. The van der Waals surface area contributed by atoms with Crippen LogP contribution in [0.1, 0.15) is 91.6 Å². The summed E-state index contributed by atoms with van der Waals surface area (Å²) in [6.45, 7) is 4.24. The van der Waals surface area contributed by atoms with Gasteiger partial charge in [-0.3, -0.25) is 14.0 Å². The van der Waals surface area contributed by atoms with E-state index < -0.39 is 5.41 Å². The molecular formula is C33H40N8O4S. The molecule has 242 valence electrons. The summed E-state index contributed by atoms with van der Waals surface area (Å²) in [6, 6.07) is 2.50. The summed E-state index contributed by atoms with van der Waals surface area (Å²) in [5.41, 5.74) is 10.3. The maximum Gasteiger partial charge on any atom is 0.330 e. The minimum atomic E-state index is -0.429. The standard InChI is InChI=1S/C33H40N8O4S/c1-18(22-10-6-14-39(22)2)44-31-25-30(41(32(42)40(25)3)19-8-7-15-43-17-19)36-29(37-31)26-20-9-4-12-33(27(20)38-45-26)13-5-11-23-24(33)21(16-34)28(35)46-23/h18-19,22H,4-15,17,35H2,1-3H3/t18-,19+,22-,33-/m0/s1. The Bertz CT molecular complexity index is 1920. The molecule has 0 saturated carbocycles. The average Bonchev–Trinajstić information content (AvgIpc) is 3.82. The topological polar surface area (TPSA) is 150 Å². The zero-order valence-electron chi connectivity index (χ0n) is 26.7. The maximum atomic E-state index is 13.8. The van der Waals surface area contributed by atoms with E-state index in [1.165, 1.54) is 16.2 Å². The monoisotopic (exact) mass is 644 g/mol. The Morgan fingerprint density at radius 3 is 2.72 bits per heavy atom. The number of nitrogens with two attached hydrogens (primary N) is 1. The first-order chi connectivity index (χ1) is 22.3. The van der Waals surface area contributed by atoms with Crippen molar-refractivity contribution in [3.05, 3.63) is 37.7 Å². The predicted octanol–water partition coefficient (Wildman–Crippen LogP) is 4.47. The molecule has 8 rings (SSSR count). The van der Waals surface area contributed by atoms with Gasteiger partial charge in [0, 0.05) is 35.6 Å². The maximum absolute atomic E-state index is 13.8. The van der Waals surface area contributed by atoms with Crippen LogP contribution in [0.15, 0.2) is 9.32 Å². The lowest BCUT2D eigenvalue weighted by Gasteiger charge is -2.39. The summed E-state index contributed by atoms with van der Waals surface area (Å²) in [5, 5.41) is 15.4. The summed E-state index contributed by atoms with van der Waals surface area (Å²) >= 11 is 1.53. The average molecular weight is 645 g/mol. The van der Waals surface area contributed by atoms with Crippen LogP contribution in [-0.2, 0) is 30.0 Å². The van der Waals surface area contributed by atoms with Crippen LogP contribution < -0.4 is 16.2 Å². The molecule has 0 radical (unpaired) electrons. The highest BCUT2D eigenvalue weighted by molar-refractivity contribution is 7.16. The number of nitrogens with zero attached hydrogens (tertiary/aromatic N) is 7. The Kier molecular flexibility index (Phi) is 7.23. The lowest BCUT2D eigenvalue weighted by molar-refractivity contribution is 0.0590. The molecule has 4 aromatic rings. The van der Waals surface area contributed by atoms with Crippen molar-refractivity contribution in [2.24, 2.45) is 7.05 Å². The number of imidazole rings is 1. The van der Waals surface area contributed by atoms with E-state index >= 15 is 0 Å². The molecule has 4 aliphatic rings. The number of fused-ring (bicyclic) bond motifs is 5. The smallest absolute Gasteiger partial charge is 0.330 e. The van der Waals surface area contributed by atoms with Gasteiger partial charge in [0.2, 0.25) is 17.5 Å². The predicted molar refractivity (Wildman–Crippen MR) is 173 cm³/mol. The first kappa shape index (κ1) is 29.7. The van der Waals surface area contributed by atoms with Gasteiger partial charge in [-0.15, -0.1) is 11.3 Å². The number of hydrogen-bond donors (Lipinski definition) is 1. The molecular weight excluding hydrogens is 604 g/mol. The van der Waals surface area contributed by atoms with Crippen LogP contribution in [-0.4, -0.2) is 68.1 Å². The molecule has 2 N–H and O–H groups in total. The van der Waals surface area contributed by atoms with Crippen molar-refractivity contribution in [3.8, 4) is 23.5 Å². The Balaban J connectivity index is 1.30. The van der Waals surface area contributed by atoms with Gasteiger partial charge in [0.25, 0.3) is 0 Å². The molecule has 2 aliphatic carbocycles. The number of anilines is 1. The van der Waals surface area contributed by atoms with Crippen LogP contribution in [0, 0.1) is 11.3 Å². The Hall–Kier alpha value is -3.73. The number of hydrogen-bond acceptors (Lipinski definition) is 11. The number of ether oxygens (including phenoxy) is 2. The molecule has 0 unspecified atom stereocenters. The number of nitriles is 1. The van der Waals surface area contributed by atoms with E-state index in [-0.39, 0.29) is 23.9 Å².